The average molecular weight is 349 g/mol. The first-order chi connectivity index (χ1) is 12.6. The number of halogens is 1. The van der Waals surface area contributed by atoms with Crippen molar-refractivity contribution < 1.29 is 13.9 Å². The van der Waals surface area contributed by atoms with Crippen molar-refractivity contribution in [2.75, 3.05) is 7.05 Å². The summed E-state index contributed by atoms with van der Waals surface area (Å²) in [5.41, 5.74) is 0.0870. The topological polar surface area (TPSA) is 29.5 Å². The number of benzene rings is 2. The molecule has 3 aliphatic rings. The zero-order chi connectivity index (χ0) is 17.9. The molecular weight excluding hydrogens is 329 g/mol. The fraction of sp³-hybridized carbons (Fsp3) is 0.318. The summed E-state index contributed by atoms with van der Waals surface area (Å²) in [7, 11) is 2.08. The van der Waals surface area contributed by atoms with Crippen LogP contribution in [-0.4, -0.2) is 36.1 Å². The molecule has 26 heavy (non-hydrogen) atoms. The maximum Gasteiger partial charge on any atom is 0.353 e. The van der Waals surface area contributed by atoms with E-state index in [1.54, 1.807) is 24.3 Å². The van der Waals surface area contributed by atoms with Crippen LogP contribution in [0.15, 0.2) is 60.7 Å². The predicted molar refractivity (Wildman–Crippen MR) is 97.4 cm³/mol. The highest BCUT2D eigenvalue weighted by molar-refractivity contribution is 5.96. The first kappa shape index (κ1) is 15.8. The standard InChI is InChI=1S/C22H20FNO2/c1-24-14-10-11-15(24)13-16(12-14)26-21(25)22(23)19-8-4-2-6-17(19)18-7-3-5-9-20(18)22/h2-11,14-16H,12-13H2,1H3. The van der Waals surface area contributed by atoms with Crippen molar-refractivity contribution in [1.82, 2.24) is 4.90 Å². The molecule has 2 aromatic carbocycles. The minimum Gasteiger partial charge on any atom is -0.459 e. The Bertz CT molecular complexity index is 860. The fourth-order valence-corrected chi connectivity index (χ4v) is 4.63. The van der Waals surface area contributed by atoms with E-state index >= 15 is 4.39 Å². The van der Waals surface area contributed by atoms with Crippen molar-refractivity contribution in [3.05, 3.63) is 71.8 Å². The summed E-state index contributed by atoms with van der Waals surface area (Å²) in [4.78, 5) is 15.3. The third-order valence-corrected chi connectivity index (χ3v) is 6.05. The summed E-state index contributed by atoms with van der Waals surface area (Å²) in [5.74, 6) is -0.788. The van der Waals surface area contributed by atoms with E-state index in [2.05, 4.69) is 24.1 Å². The first-order valence-electron chi connectivity index (χ1n) is 9.08. The number of nitrogens with zero attached hydrogens (tertiary/aromatic N) is 1. The Morgan fingerprint density at radius 1 is 1.00 bits per heavy atom. The number of hydrogen-bond donors (Lipinski definition) is 0. The van der Waals surface area contributed by atoms with E-state index in [-0.39, 0.29) is 18.2 Å². The molecule has 2 bridgehead atoms. The van der Waals surface area contributed by atoms with Gasteiger partial charge in [-0.25, -0.2) is 9.18 Å². The molecule has 1 fully saturated rings. The summed E-state index contributed by atoms with van der Waals surface area (Å²) in [6.07, 6.45) is 5.49. The Morgan fingerprint density at radius 2 is 1.50 bits per heavy atom. The highest BCUT2D eigenvalue weighted by Gasteiger charge is 2.52. The Morgan fingerprint density at radius 3 is 2.04 bits per heavy atom. The van der Waals surface area contributed by atoms with Gasteiger partial charge in [0.1, 0.15) is 6.10 Å². The molecule has 3 nitrogen and oxygen atoms in total. The first-order valence-corrected chi connectivity index (χ1v) is 9.08. The number of alkyl halides is 1. The molecule has 2 atom stereocenters. The highest BCUT2D eigenvalue weighted by Crippen LogP contribution is 2.50. The maximum atomic E-state index is 16.2. The lowest BCUT2D eigenvalue weighted by Gasteiger charge is -2.36. The van der Waals surface area contributed by atoms with Gasteiger partial charge in [0, 0.05) is 36.1 Å². The molecule has 5 rings (SSSR count). The van der Waals surface area contributed by atoms with Crippen molar-refractivity contribution in [3.63, 3.8) is 0 Å². The van der Waals surface area contributed by atoms with Crippen LogP contribution in [0.4, 0.5) is 4.39 Å². The second-order valence-electron chi connectivity index (χ2n) is 7.43. The fourth-order valence-electron chi connectivity index (χ4n) is 4.63. The molecule has 0 radical (unpaired) electrons. The van der Waals surface area contributed by atoms with Crippen LogP contribution in [0.5, 0.6) is 0 Å². The van der Waals surface area contributed by atoms with E-state index in [9.17, 15) is 4.79 Å². The SMILES string of the molecule is CN1C2C=CC1CC(OC(=O)C1(F)c3ccccc3-c3ccccc31)C2. The Labute approximate surface area is 152 Å². The molecule has 1 saturated heterocycles. The van der Waals surface area contributed by atoms with Crippen LogP contribution in [-0.2, 0) is 15.2 Å². The van der Waals surface area contributed by atoms with Crippen LogP contribution in [0.25, 0.3) is 11.1 Å². The Hall–Kier alpha value is -2.46. The Balaban J connectivity index is 1.48. The minimum absolute atomic E-state index is 0.253. The lowest BCUT2D eigenvalue weighted by atomic mass is 9.93. The van der Waals surface area contributed by atoms with Crippen molar-refractivity contribution in [1.29, 1.82) is 0 Å². The van der Waals surface area contributed by atoms with E-state index in [4.69, 9.17) is 4.74 Å². The number of carbonyl (C=O) groups is 1. The number of rotatable bonds is 2. The van der Waals surface area contributed by atoms with Gasteiger partial charge in [-0.15, -0.1) is 0 Å². The third kappa shape index (κ3) is 2.05. The smallest absolute Gasteiger partial charge is 0.353 e. The monoisotopic (exact) mass is 349 g/mol. The van der Waals surface area contributed by atoms with E-state index < -0.39 is 11.6 Å². The zero-order valence-electron chi connectivity index (χ0n) is 14.6. The quantitative estimate of drug-likeness (QED) is 0.610. The van der Waals surface area contributed by atoms with Crippen LogP contribution < -0.4 is 0 Å². The van der Waals surface area contributed by atoms with E-state index in [1.807, 2.05) is 24.3 Å². The molecule has 0 amide bonds. The van der Waals surface area contributed by atoms with Crippen LogP contribution in [0.3, 0.4) is 0 Å². The zero-order valence-corrected chi connectivity index (χ0v) is 14.6. The molecule has 0 saturated carbocycles. The number of piperidine rings is 1. The largest absolute Gasteiger partial charge is 0.459 e. The van der Waals surface area contributed by atoms with Gasteiger partial charge in [-0.3, -0.25) is 4.90 Å². The maximum absolute atomic E-state index is 16.2. The van der Waals surface area contributed by atoms with Gasteiger partial charge < -0.3 is 4.74 Å². The normalized spacial score (nSPS) is 27.8. The molecule has 132 valence electrons. The van der Waals surface area contributed by atoms with Gasteiger partial charge in [0.25, 0.3) is 5.67 Å². The highest BCUT2D eigenvalue weighted by atomic mass is 19.1. The van der Waals surface area contributed by atoms with Gasteiger partial charge in [0.05, 0.1) is 0 Å². The molecule has 2 heterocycles. The molecule has 2 aromatic rings. The predicted octanol–water partition coefficient (Wildman–Crippen LogP) is 3.82. The van der Waals surface area contributed by atoms with Gasteiger partial charge in [-0.2, -0.15) is 0 Å². The van der Waals surface area contributed by atoms with Gasteiger partial charge >= 0.3 is 5.97 Å². The van der Waals surface area contributed by atoms with Gasteiger partial charge in [-0.1, -0.05) is 60.7 Å². The summed E-state index contributed by atoms with van der Waals surface area (Å²) >= 11 is 0. The molecule has 0 aromatic heterocycles. The second kappa shape index (κ2) is 5.52. The number of hydrogen-bond acceptors (Lipinski definition) is 3. The number of esters is 1. The van der Waals surface area contributed by atoms with Crippen molar-refractivity contribution in [2.24, 2.45) is 0 Å². The molecule has 0 N–H and O–H groups in total. The number of ether oxygens (including phenoxy) is 1. The van der Waals surface area contributed by atoms with Crippen LogP contribution in [0.1, 0.15) is 24.0 Å². The van der Waals surface area contributed by atoms with Crippen molar-refractivity contribution in [3.8, 4) is 11.1 Å². The van der Waals surface area contributed by atoms with E-state index in [0.717, 1.165) is 11.1 Å². The second-order valence-corrected chi connectivity index (χ2v) is 7.43. The average Bonchev–Trinajstić information content (AvgIpc) is 3.03. The Kier molecular flexibility index (Phi) is 3.35. The summed E-state index contributed by atoms with van der Waals surface area (Å²) in [6, 6.07) is 14.9. The molecule has 1 aliphatic carbocycles. The summed E-state index contributed by atoms with van der Waals surface area (Å²) in [6.45, 7) is 0. The number of carbonyl (C=O) groups excluding carboxylic acids is 1. The van der Waals surface area contributed by atoms with E-state index in [0.29, 0.717) is 24.0 Å². The van der Waals surface area contributed by atoms with Crippen molar-refractivity contribution >= 4 is 5.97 Å². The molecule has 2 unspecified atom stereocenters. The number of likely N-dealkylation sites (N-methyl/N-ethyl adjacent to an activating group) is 1. The van der Waals surface area contributed by atoms with Crippen LogP contribution in [0, 0.1) is 0 Å². The molecular formula is C22H20FNO2. The van der Waals surface area contributed by atoms with Crippen LogP contribution >= 0.6 is 0 Å². The number of fused-ring (bicyclic) bond motifs is 5. The van der Waals surface area contributed by atoms with Gasteiger partial charge in [-0.05, 0) is 18.2 Å². The summed E-state index contributed by atoms with van der Waals surface area (Å²) < 4.78 is 22.0. The van der Waals surface area contributed by atoms with Crippen LogP contribution in [0.2, 0.25) is 0 Å². The molecule has 4 heteroatoms. The lowest BCUT2D eigenvalue weighted by Crippen LogP contribution is -2.45. The van der Waals surface area contributed by atoms with Gasteiger partial charge in [0.2, 0.25) is 0 Å². The minimum atomic E-state index is -2.23. The summed E-state index contributed by atoms with van der Waals surface area (Å²) in [5, 5.41) is 0. The van der Waals surface area contributed by atoms with Gasteiger partial charge in [0.15, 0.2) is 0 Å². The third-order valence-electron chi connectivity index (χ3n) is 6.05. The lowest BCUT2D eigenvalue weighted by molar-refractivity contribution is -0.164. The van der Waals surface area contributed by atoms with Crippen molar-refractivity contribution in [2.45, 2.75) is 36.7 Å². The molecule has 2 aliphatic heterocycles. The molecule has 0 spiro atoms. The van der Waals surface area contributed by atoms with E-state index in [1.165, 1.54) is 0 Å².